The molecule has 114 valence electrons. The van der Waals surface area contributed by atoms with Gasteiger partial charge in [0, 0.05) is 13.2 Å². The van der Waals surface area contributed by atoms with Gasteiger partial charge in [-0.1, -0.05) is 19.3 Å². The van der Waals surface area contributed by atoms with E-state index in [-0.39, 0.29) is 11.6 Å². The molecule has 1 atom stereocenters. The van der Waals surface area contributed by atoms with Crippen LogP contribution >= 0.6 is 15.9 Å². The minimum absolute atomic E-state index is 0.0421. The predicted molar refractivity (Wildman–Crippen MR) is 83.1 cm³/mol. The van der Waals surface area contributed by atoms with E-state index >= 15 is 0 Å². The Morgan fingerprint density at radius 2 is 2.15 bits per heavy atom. The lowest BCUT2D eigenvalue weighted by Gasteiger charge is -2.43. The molecule has 0 aromatic carbocycles. The lowest BCUT2D eigenvalue weighted by molar-refractivity contribution is -0.0931. The zero-order valence-corrected chi connectivity index (χ0v) is 13.9. The van der Waals surface area contributed by atoms with Crippen LogP contribution < -0.4 is 11.3 Å². The van der Waals surface area contributed by atoms with E-state index in [1.165, 1.54) is 19.3 Å². The molecule has 1 heterocycles. The molecular weight excluding hydrogens is 320 g/mol. The van der Waals surface area contributed by atoms with Crippen LogP contribution in [-0.2, 0) is 11.3 Å². The van der Waals surface area contributed by atoms with Crippen molar-refractivity contribution in [3.05, 3.63) is 16.4 Å². The van der Waals surface area contributed by atoms with Crippen molar-refractivity contribution in [1.82, 2.24) is 15.2 Å². The topological polar surface area (TPSA) is 65.1 Å². The zero-order valence-electron chi connectivity index (χ0n) is 12.4. The van der Waals surface area contributed by atoms with Gasteiger partial charge in [0.2, 0.25) is 0 Å². The maximum absolute atomic E-state index is 6.20. The summed E-state index contributed by atoms with van der Waals surface area (Å²) in [4.78, 5) is 0. The number of hydrogen-bond donors (Lipinski definition) is 2. The van der Waals surface area contributed by atoms with Gasteiger partial charge in [-0.3, -0.25) is 10.5 Å². The smallest absolute Gasteiger partial charge is 0.0929 e. The van der Waals surface area contributed by atoms with Crippen LogP contribution in [0.1, 0.15) is 57.7 Å². The molecule has 0 radical (unpaired) electrons. The van der Waals surface area contributed by atoms with Crippen LogP contribution in [0.4, 0.5) is 0 Å². The van der Waals surface area contributed by atoms with E-state index in [0.717, 1.165) is 29.6 Å². The van der Waals surface area contributed by atoms with Crippen molar-refractivity contribution in [3.8, 4) is 0 Å². The molecule has 1 aliphatic rings. The maximum Gasteiger partial charge on any atom is 0.0929 e. The maximum atomic E-state index is 6.20. The van der Waals surface area contributed by atoms with Crippen LogP contribution in [0.25, 0.3) is 0 Å². The first-order chi connectivity index (χ1) is 9.68. The number of rotatable bonds is 6. The summed E-state index contributed by atoms with van der Waals surface area (Å²) in [7, 11) is 0. The Hall–Kier alpha value is -0.430. The van der Waals surface area contributed by atoms with E-state index in [9.17, 15) is 0 Å². The molecule has 2 rings (SSSR count). The van der Waals surface area contributed by atoms with Crippen molar-refractivity contribution in [3.63, 3.8) is 0 Å². The molecule has 0 spiro atoms. The third kappa shape index (κ3) is 2.93. The highest BCUT2D eigenvalue weighted by molar-refractivity contribution is 9.10. The van der Waals surface area contributed by atoms with E-state index in [2.05, 4.69) is 40.3 Å². The van der Waals surface area contributed by atoms with Crippen LogP contribution in [0, 0.1) is 0 Å². The van der Waals surface area contributed by atoms with Gasteiger partial charge < -0.3 is 4.74 Å². The second-order valence-electron chi connectivity index (χ2n) is 5.35. The SMILES string of the molecule is CCOC1(C(NN)c2c(Br)cnn2CC)CCCCC1. The molecule has 5 nitrogen and oxygen atoms in total. The fraction of sp³-hybridized carbons (Fsp3) is 0.786. The zero-order chi connectivity index (χ0) is 14.6. The Balaban J connectivity index is 2.39. The normalized spacial score (nSPS) is 20.0. The first kappa shape index (κ1) is 15.9. The molecule has 1 saturated carbocycles. The summed E-state index contributed by atoms with van der Waals surface area (Å²) in [5.74, 6) is 5.91. The Kier molecular flexibility index (Phi) is 5.60. The number of halogens is 1. The third-order valence-corrected chi connectivity index (χ3v) is 4.84. The number of nitrogens with one attached hydrogen (secondary N) is 1. The van der Waals surface area contributed by atoms with Crippen LogP contribution in [0.3, 0.4) is 0 Å². The summed E-state index contributed by atoms with van der Waals surface area (Å²) >= 11 is 3.61. The van der Waals surface area contributed by atoms with Gasteiger partial charge in [-0.25, -0.2) is 5.43 Å². The van der Waals surface area contributed by atoms with Gasteiger partial charge >= 0.3 is 0 Å². The van der Waals surface area contributed by atoms with Gasteiger partial charge in [-0.15, -0.1) is 0 Å². The molecule has 6 heteroatoms. The van der Waals surface area contributed by atoms with E-state index in [1.54, 1.807) is 0 Å². The number of hydrogen-bond acceptors (Lipinski definition) is 4. The van der Waals surface area contributed by atoms with Crippen molar-refractivity contribution >= 4 is 15.9 Å². The quantitative estimate of drug-likeness (QED) is 0.615. The minimum Gasteiger partial charge on any atom is -0.373 e. The van der Waals surface area contributed by atoms with E-state index in [0.29, 0.717) is 6.61 Å². The van der Waals surface area contributed by atoms with E-state index in [1.807, 2.05) is 10.9 Å². The summed E-state index contributed by atoms with van der Waals surface area (Å²) in [6.45, 7) is 5.66. The molecule has 20 heavy (non-hydrogen) atoms. The van der Waals surface area contributed by atoms with Crippen molar-refractivity contribution in [2.75, 3.05) is 6.61 Å². The van der Waals surface area contributed by atoms with Crippen LogP contribution in [0.15, 0.2) is 10.7 Å². The first-order valence-corrected chi connectivity index (χ1v) is 8.29. The Morgan fingerprint density at radius 1 is 1.45 bits per heavy atom. The largest absolute Gasteiger partial charge is 0.373 e. The molecular formula is C14H25BrN4O. The summed E-state index contributed by atoms with van der Waals surface area (Å²) < 4.78 is 9.18. The summed E-state index contributed by atoms with van der Waals surface area (Å²) in [5, 5.41) is 4.41. The monoisotopic (exact) mass is 344 g/mol. The fourth-order valence-electron chi connectivity index (χ4n) is 3.34. The van der Waals surface area contributed by atoms with Gasteiger partial charge in [0.1, 0.15) is 0 Å². The van der Waals surface area contributed by atoms with Crippen molar-refractivity contribution in [2.45, 2.75) is 64.1 Å². The molecule has 0 amide bonds. The average molecular weight is 345 g/mol. The Bertz CT molecular complexity index is 423. The van der Waals surface area contributed by atoms with E-state index < -0.39 is 0 Å². The van der Waals surface area contributed by atoms with Crippen molar-refractivity contribution < 1.29 is 4.74 Å². The van der Waals surface area contributed by atoms with E-state index in [4.69, 9.17) is 10.6 Å². The van der Waals surface area contributed by atoms with Crippen molar-refractivity contribution in [1.29, 1.82) is 0 Å². The lowest BCUT2D eigenvalue weighted by atomic mass is 9.78. The Labute approximate surface area is 129 Å². The summed E-state index contributed by atoms with van der Waals surface area (Å²) in [6.07, 6.45) is 7.58. The van der Waals surface area contributed by atoms with Gasteiger partial charge in [0.05, 0.1) is 28.0 Å². The molecule has 1 unspecified atom stereocenters. The summed E-state index contributed by atoms with van der Waals surface area (Å²) in [6, 6.07) is -0.0421. The number of aryl methyl sites for hydroxylation is 1. The minimum atomic E-state index is -0.225. The highest BCUT2D eigenvalue weighted by atomic mass is 79.9. The fourth-order valence-corrected chi connectivity index (χ4v) is 3.87. The lowest BCUT2D eigenvalue weighted by Crippen LogP contribution is -2.50. The van der Waals surface area contributed by atoms with Gasteiger partial charge in [0.25, 0.3) is 0 Å². The van der Waals surface area contributed by atoms with Gasteiger partial charge in [-0.05, 0) is 42.6 Å². The highest BCUT2D eigenvalue weighted by Gasteiger charge is 2.43. The van der Waals surface area contributed by atoms with Crippen LogP contribution in [0.2, 0.25) is 0 Å². The number of nitrogens with zero attached hydrogens (tertiary/aromatic N) is 2. The number of nitrogens with two attached hydrogens (primary N) is 1. The van der Waals surface area contributed by atoms with Crippen molar-refractivity contribution in [2.24, 2.45) is 5.84 Å². The van der Waals surface area contributed by atoms with Gasteiger partial charge in [-0.2, -0.15) is 5.10 Å². The highest BCUT2D eigenvalue weighted by Crippen LogP contribution is 2.42. The molecule has 1 aliphatic carbocycles. The summed E-state index contributed by atoms with van der Waals surface area (Å²) in [5.41, 5.74) is 3.86. The molecule has 0 saturated heterocycles. The second kappa shape index (κ2) is 7.02. The van der Waals surface area contributed by atoms with Crippen LogP contribution in [0.5, 0.6) is 0 Å². The molecule has 0 bridgehead atoms. The average Bonchev–Trinajstić information content (AvgIpc) is 2.82. The molecule has 1 aromatic heterocycles. The number of ether oxygens (including phenoxy) is 1. The standard InChI is InChI=1S/C14H25BrN4O/c1-3-19-12(11(15)10-17-19)13(18-16)14(20-4-2)8-6-5-7-9-14/h10,13,18H,3-9,16H2,1-2H3. The Morgan fingerprint density at radius 3 is 2.70 bits per heavy atom. The molecule has 3 N–H and O–H groups in total. The van der Waals surface area contributed by atoms with Crippen LogP contribution in [-0.4, -0.2) is 22.0 Å². The predicted octanol–water partition coefficient (Wildman–Crippen LogP) is 2.91. The molecule has 1 fully saturated rings. The third-order valence-electron chi connectivity index (χ3n) is 4.23. The number of hydrazine groups is 1. The first-order valence-electron chi connectivity index (χ1n) is 7.49. The molecule has 0 aliphatic heterocycles. The second-order valence-corrected chi connectivity index (χ2v) is 6.21. The number of aromatic nitrogens is 2. The molecule has 1 aromatic rings. The van der Waals surface area contributed by atoms with Gasteiger partial charge in [0.15, 0.2) is 0 Å².